The first-order valence-corrected chi connectivity index (χ1v) is 10.5. The van der Waals surface area contributed by atoms with Crippen LogP contribution in [-0.4, -0.2) is 59.1 Å². The summed E-state index contributed by atoms with van der Waals surface area (Å²) in [5.74, 6) is 1.53. The average Bonchev–Trinajstić information content (AvgIpc) is 3.33. The fraction of sp³-hybridized carbons (Fsp3) is 0.348. The molecule has 0 bridgehead atoms. The number of ether oxygens (including phenoxy) is 1. The Labute approximate surface area is 205 Å². The normalized spacial score (nSPS) is 14.7. The summed E-state index contributed by atoms with van der Waals surface area (Å²) in [5.41, 5.74) is 3.09. The van der Waals surface area contributed by atoms with Crippen LogP contribution < -0.4 is 10.1 Å². The number of aromatic nitrogens is 2. The van der Waals surface area contributed by atoms with Crippen molar-refractivity contribution in [3.8, 4) is 5.88 Å². The van der Waals surface area contributed by atoms with Crippen molar-refractivity contribution in [1.29, 1.82) is 0 Å². The zero-order chi connectivity index (χ0) is 21.3. The van der Waals surface area contributed by atoms with Gasteiger partial charge in [-0.2, -0.15) is 0 Å². The maximum Gasteiger partial charge on any atom is 0.218 e. The molecule has 4 rings (SSSR count). The van der Waals surface area contributed by atoms with E-state index >= 15 is 0 Å². The van der Waals surface area contributed by atoms with Crippen molar-refractivity contribution in [3.05, 3.63) is 77.8 Å². The lowest BCUT2D eigenvalue weighted by Crippen LogP contribution is -2.52. The molecule has 9 heteroatoms. The van der Waals surface area contributed by atoms with Crippen molar-refractivity contribution >= 4 is 29.9 Å². The summed E-state index contributed by atoms with van der Waals surface area (Å²) in [6.45, 7) is 5.62. The van der Waals surface area contributed by atoms with Gasteiger partial charge in [0.2, 0.25) is 5.88 Å². The molecule has 0 aliphatic carbocycles. The molecule has 1 aliphatic rings. The van der Waals surface area contributed by atoms with Gasteiger partial charge in [0.1, 0.15) is 12.9 Å². The molecule has 170 valence electrons. The highest BCUT2D eigenvalue weighted by atomic mass is 127. The minimum atomic E-state index is 0. The monoisotopic (exact) mass is 548 g/mol. The number of aliphatic imine (C=N–C) groups is 1. The van der Waals surface area contributed by atoms with Crippen molar-refractivity contribution in [1.82, 2.24) is 25.3 Å². The fourth-order valence-corrected chi connectivity index (χ4v) is 3.59. The van der Waals surface area contributed by atoms with E-state index in [1.807, 2.05) is 55.6 Å². The third-order valence-electron chi connectivity index (χ3n) is 5.27. The van der Waals surface area contributed by atoms with Crippen molar-refractivity contribution in [3.63, 3.8) is 0 Å². The van der Waals surface area contributed by atoms with E-state index in [4.69, 9.17) is 9.26 Å². The minimum absolute atomic E-state index is 0. The summed E-state index contributed by atoms with van der Waals surface area (Å²) in [4.78, 5) is 13.5. The lowest BCUT2D eigenvalue weighted by molar-refractivity contribution is 0.169. The molecule has 3 heterocycles. The van der Waals surface area contributed by atoms with E-state index in [-0.39, 0.29) is 24.0 Å². The summed E-state index contributed by atoms with van der Waals surface area (Å²) in [6, 6.07) is 16.0. The van der Waals surface area contributed by atoms with Gasteiger partial charge in [-0.1, -0.05) is 41.6 Å². The zero-order valence-electron chi connectivity index (χ0n) is 18.2. The molecule has 32 heavy (non-hydrogen) atoms. The second kappa shape index (κ2) is 12.4. The minimum Gasteiger partial charge on any atom is -0.473 e. The van der Waals surface area contributed by atoms with Gasteiger partial charge in [-0.15, -0.1) is 24.0 Å². The largest absolute Gasteiger partial charge is 0.473 e. The van der Waals surface area contributed by atoms with Gasteiger partial charge in [0.25, 0.3) is 0 Å². The second-order valence-electron chi connectivity index (χ2n) is 7.40. The van der Waals surface area contributed by atoms with Crippen LogP contribution in [0.25, 0.3) is 0 Å². The number of rotatable bonds is 7. The summed E-state index contributed by atoms with van der Waals surface area (Å²) in [6.07, 6.45) is 3.38. The van der Waals surface area contributed by atoms with Gasteiger partial charge >= 0.3 is 0 Å². The lowest BCUT2D eigenvalue weighted by atomic mass is 10.2. The SMILES string of the molecule is CN=C(NCc1cccnc1OCc1ccccc1)N1CCN(Cc2ccon2)CC1.I. The summed E-state index contributed by atoms with van der Waals surface area (Å²) in [7, 11) is 1.82. The van der Waals surface area contributed by atoms with Gasteiger partial charge in [-0.3, -0.25) is 9.89 Å². The number of guanidine groups is 1. The molecular weight excluding hydrogens is 519 g/mol. The molecule has 0 atom stereocenters. The maximum absolute atomic E-state index is 5.97. The third kappa shape index (κ3) is 6.67. The predicted octanol–water partition coefficient (Wildman–Crippen LogP) is 3.16. The van der Waals surface area contributed by atoms with Crippen molar-refractivity contribution in [2.45, 2.75) is 19.7 Å². The Morgan fingerprint density at radius 3 is 2.62 bits per heavy atom. The number of nitrogens with zero attached hydrogens (tertiary/aromatic N) is 5. The Kier molecular flexibility index (Phi) is 9.29. The Bertz CT molecular complexity index is 960. The smallest absolute Gasteiger partial charge is 0.218 e. The van der Waals surface area contributed by atoms with Crippen LogP contribution in [0.4, 0.5) is 0 Å². The van der Waals surface area contributed by atoms with Crippen LogP contribution in [0.1, 0.15) is 16.8 Å². The molecule has 1 aliphatic heterocycles. The Balaban J connectivity index is 0.00000289. The number of hydrogen-bond donors (Lipinski definition) is 1. The zero-order valence-corrected chi connectivity index (χ0v) is 20.5. The quantitative estimate of drug-likeness (QED) is 0.276. The number of piperazine rings is 1. The van der Waals surface area contributed by atoms with Gasteiger partial charge < -0.3 is 19.5 Å². The van der Waals surface area contributed by atoms with Gasteiger partial charge in [-0.05, 0) is 11.6 Å². The number of pyridine rings is 1. The Hall–Kier alpha value is -2.66. The van der Waals surface area contributed by atoms with Crippen LogP contribution in [0.2, 0.25) is 0 Å². The van der Waals surface area contributed by atoms with E-state index in [1.165, 1.54) is 0 Å². The highest BCUT2D eigenvalue weighted by molar-refractivity contribution is 14.0. The van der Waals surface area contributed by atoms with Gasteiger partial charge in [0.05, 0.1) is 5.69 Å². The topological polar surface area (TPSA) is 79.0 Å². The molecular formula is C23H29IN6O2. The van der Waals surface area contributed by atoms with Crippen LogP contribution in [0, 0.1) is 0 Å². The molecule has 0 spiro atoms. The first kappa shape index (κ1) is 24.0. The van der Waals surface area contributed by atoms with Gasteiger partial charge in [0, 0.05) is 64.1 Å². The second-order valence-corrected chi connectivity index (χ2v) is 7.40. The summed E-state index contributed by atoms with van der Waals surface area (Å²) >= 11 is 0. The molecule has 0 saturated carbocycles. The number of nitrogens with one attached hydrogen (secondary N) is 1. The number of halogens is 1. The van der Waals surface area contributed by atoms with Gasteiger partial charge in [0.15, 0.2) is 5.96 Å². The van der Waals surface area contributed by atoms with Crippen LogP contribution in [0.15, 0.2) is 70.5 Å². The molecule has 8 nitrogen and oxygen atoms in total. The molecule has 1 N–H and O–H groups in total. The summed E-state index contributed by atoms with van der Waals surface area (Å²) in [5, 5.41) is 7.47. The lowest BCUT2D eigenvalue weighted by Gasteiger charge is -2.36. The van der Waals surface area contributed by atoms with E-state index in [0.717, 1.165) is 55.5 Å². The standard InChI is InChI=1S/C23H28N6O2.HI/c1-24-23(29-13-11-28(12-14-29)17-21-9-15-31-27-21)26-16-20-8-5-10-25-22(20)30-18-19-6-3-2-4-7-19;/h2-10,15H,11-14,16-18H2,1H3,(H,24,26);1H. The first-order chi connectivity index (χ1) is 15.3. The van der Waals surface area contributed by atoms with Crippen LogP contribution >= 0.6 is 24.0 Å². The molecule has 1 fully saturated rings. The predicted molar refractivity (Wildman–Crippen MR) is 134 cm³/mol. The van der Waals surface area contributed by atoms with Crippen LogP contribution in [-0.2, 0) is 19.7 Å². The maximum atomic E-state index is 5.97. The van der Waals surface area contributed by atoms with Crippen molar-refractivity contribution in [2.75, 3.05) is 33.2 Å². The van der Waals surface area contributed by atoms with Crippen LogP contribution in [0.5, 0.6) is 5.88 Å². The Morgan fingerprint density at radius 1 is 1.09 bits per heavy atom. The van der Waals surface area contributed by atoms with Crippen LogP contribution in [0.3, 0.4) is 0 Å². The molecule has 3 aromatic rings. The molecule has 0 radical (unpaired) electrons. The van der Waals surface area contributed by atoms with Crippen molar-refractivity contribution in [2.24, 2.45) is 4.99 Å². The molecule has 0 amide bonds. The van der Waals surface area contributed by atoms with Crippen molar-refractivity contribution < 1.29 is 9.26 Å². The van der Waals surface area contributed by atoms with E-state index in [0.29, 0.717) is 19.0 Å². The molecule has 0 unspecified atom stereocenters. The highest BCUT2D eigenvalue weighted by Crippen LogP contribution is 2.16. The molecule has 2 aromatic heterocycles. The summed E-state index contributed by atoms with van der Waals surface area (Å²) < 4.78 is 10.9. The average molecular weight is 548 g/mol. The van der Waals surface area contributed by atoms with Gasteiger partial charge in [-0.25, -0.2) is 4.98 Å². The molecule has 1 aromatic carbocycles. The van der Waals surface area contributed by atoms with E-state index in [1.54, 1.807) is 12.5 Å². The van der Waals surface area contributed by atoms with E-state index < -0.39 is 0 Å². The Morgan fingerprint density at radius 2 is 1.91 bits per heavy atom. The third-order valence-corrected chi connectivity index (χ3v) is 5.27. The van der Waals surface area contributed by atoms with E-state index in [2.05, 4.69) is 30.2 Å². The number of hydrogen-bond acceptors (Lipinski definition) is 6. The molecule has 1 saturated heterocycles. The highest BCUT2D eigenvalue weighted by Gasteiger charge is 2.20. The first-order valence-electron chi connectivity index (χ1n) is 10.5. The van der Waals surface area contributed by atoms with E-state index in [9.17, 15) is 0 Å². The fourth-order valence-electron chi connectivity index (χ4n) is 3.59. The number of benzene rings is 1.